The summed E-state index contributed by atoms with van der Waals surface area (Å²) >= 11 is 0. The summed E-state index contributed by atoms with van der Waals surface area (Å²) in [5.41, 5.74) is 2.63. The van der Waals surface area contributed by atoms with E-state index in [2.05, 4.69) is 21.4 Å². The average Bonchev–Trinajstić information content (AvgIpc) is 2.94. The topological polar surface area (TPSA) is 51.0 Å². The van der Waals surface area contributed by atoms with E-state index in [0.717, 1.165) is 18.0 Å². The van der Waals surface area contributed by atoms with E-state index in [1.165, 1.54) is 24.1 Å². The first-order valence-corrected chi connectivity index (χ1v) is 5.95. The van der Waals surface area contributed by atoms with Gasteiger partial charge in [0, 0.05) is 5.69 Å². The van der Waals surface area contributed by atoms with E-state index in [1.54, 1.807) is 6.20 Å². The molecule has 88 valence electrons. The number of aromatic nitrogens is 2. The Kier molecular flexibility index (Phi) is 2.55. The highest BCUT2D eigenvalue weighted by Gasteiger charge is 2.12. The maximum Gasteiger partial charge on any atom is 0.213 e. The van der Waals surface area contributed by atoms with Crippen molar-refractivity contribution in [2.45, 2.75) is 32.7 Å². The van der Waals surface area contributed by atoms with Crippen molar-refractivity contribution >= 4 is 5.82 Å². The smallest absolute Gasteiger partial charge is 0.213 e. The number of rotatable bonds is 3. The van der Waals surface area contributed by atoms with Crippen molar-refractivity contribution in [3.8, 4) is 0 Å². The fourth-order valence-electron chi connectivity index (χ4n) is 2.17. The van der Waals surface area contributed by atoms with Crippen LogP contribution in [0.15, 0.2) is 22.7 Å². The first-order valence-electron chi connectivity index (χ1n) is 5.95. The third kappa shape index (κ3) is 2.16. The highest BCUT2D eigenvalue weighted by molar-refractivity contribution is 5.40. The molecule has 0 spiro atoms. The molecule has 0 saturated carbocycles. The molecule has 4 heteroatoms. The zero-order valence-corrected chi connectivity index (χ0v) is 9.86. The summed E-state index contributed by atoms with van der Waals surface area (Å²) in [4.78, 5) is 8.74. The quantitative estimate of drug-likeness (QED) is 0.878. The van der Waals surface area contributed by atoms with Crippen molar-refractivity contribution in [3.63, 3.8) is 0 Å². The van der Waals surface area contributed by atoms with Crippen LogP contribution in [0.1, 0.15) is 29.3 Å². The molecule has 1 aliphatic carbocycles. The molecule has 2 aromatic rings. The van der Waals surface area contributed by atoms with E-state index >= 15 is 0 Å². The number of anilines is 1. The van der Waals surface area contributed by atoms with Gasteiger partial charge in [-0.25, -0.2) is 9.97 Å². The Morgan fingerprint density at radius 1 is 1.35 bits per heavy atom. The summed E-state index contributed by atoms with van der Waals surface area (Å²) in [7, 11) is 0. The maximum atomic E-state index is 5.40. The number of pyridine rings is 1. The van der Waals surface area contributed by atoms with Gasteiger partial charge in [0.15, 0.2) is 0 Å². The summed E-state index contributed by atoms with van der Waals surface area (Å²) in [6.07, 6.45) is 5.22. The zero-order chi connectivity index (χ0) is 11.7. The van der Waals surface area contributed by atoms with E-state index in [1.807, 2.05) is 13.0 Å². The number of nitrogens with zero attached hydrogens (tertiary/aromatic N) is 2. The van der Waals surface area contributed by atoms with Gasteiger partial charge in [0.1, 0.15) is 11.6 Å². The molecule has 1 aliphatic rings. The lowest BCUT2D eigenvalue weighted by Gasteiger charge is -2.05. The van der Waals surface area contributed by atoms with Gasteiger partial charge in [-0.05, 0) is 37.8 Å². The molecule has 0 aromatic carbocycles. The Morgan fingerprint density at radius 3 is 3.12 bits per heavy atom. The summed E-state index contributed by atoms with van der Waals surface area (Å²) in [5, 5.41) is 3.24. The molecule has 2 heterocycles. The van der Waals surface area contributed by atoms with Crippen LogP contribution in [-0.4, -0.2) is 9.97 Å². The summed E-state index contributed by atoms with van der Waals surface area (Å²) in [6.45, 7) is 2.48. The SMILES string of the molecule is Cc1cnc(CNc2ccc3c(n2)CCC3)o1. The lowest BCUT2D eigenvalue weighted by Crippen LogP contribution is -2.03. The highest BCUT2D eigenvalue weighted by atomic mass is 16.4. The molecule has 0 aliphatic heterocycles. The Hall–Kier alpha value is -1.84. The molecule has 1 N–H and O–H groups in total. The monoisotopic (exact) mass is 229 g/mol. The number of nitrogens with one attached hydrogen (secondary N) is 1. The minimum Gasteiger partial charge on any atom is -0.444 e. The normalized spacial score (nSPS) is 13.7. The second kappa shape index (κ2) is 4.20. The van der Waals surface area contributed by atoms with Crippen molar-refractivity contribution in [3.05, 3.63) is 41.2 Å². The first kappa shape index (κ1) is 10.3. The fraction of sp³-hybridized carbons (Fsp3) is 0.385. The van der Waals surface area contributed by atoms with E-state index in [9.17, 15) is 0 Å². The van der Waals surface area contributed by atoms with Crippen molar-refractivity contribution in [1.29, 1.82) is 0 Å². The van der Waals surface area contributed by atoms with Gasteiger partial charge in [0.2, 0.25) is 5.89 Å². The fourth-order valence-corrected chi connectivity index (χ4v) is 2.17. The Balaban J connectivity index is 1.69. The van der Waals surface area contributed by atoms with Crippen LogP contribution >= 0.6 is 0 Å². The standard InChI is InChI=1S/C13H15N3O/c1-9-7-15-13(17-9)8-14-12-6-5-10-3-2-4-11(10)16-12/h5-7H,2-4,8H2,1H3,(H,14,16). The molecule has 4 nitrogen and oxygen atoms in total. The minimum atomic E-state index is 0.583. The molecular weight excluding hydrogens is 214 g/mol. The van der Waals surface area contributed by atoms with Gasteiger partial charge in [0.25, 0.3) is 0 Å². The molecule has 0 saturated heterocycles. The van der Waals surface area contributed by atoms with E-state index in [4.69, 9.17) is 4.42 Å². The number of hydrogen-bond donors (Lipinski definition) is 1. The third-order valence-corrected chi connectivity index (χ3v) is 3.02. The molecular formula is C13H15N3O. The van der Waals surface area contributed by atoms with Crippen molar-refractivity contribution in [2.75, 3.05) is 5.32 Å². The molecule has 0 bridgehead atoms. The Bertz CT molecular complexity index is 533. The van der Waals surface area contributed by atoms with Gasteiger partial charge >= 0.3 is 0 Å². The van der Waals surface area contributed by atoms with Crippen molar-refractivity contribution in [2.24, 2.45) is 0 Å². The van der Waals surface area contributed by atoms with Gasteiger partial charge in [0.05, 0.1) is 12.7 Å². The molecule has 2 aromatic heterocycles. The van der Waals surface area contributed by atoms with Crippen LogP contribution in [-0.2, 0) is 19.4 Å². The van der Waals surface area contributed by atoms with Crippen LogP contribution < -0.4 is 5.32 Å². The number of aryl methyl sites for hydroxylation is 3. The number of hydrogen-bond acceptors (Lipinski definition) is 4. The van der Waals surface area contributed by atoms with E-state index in [-0.39, 0.29) is 0 Å². The van der Waals surface area contributed by atoms with Gasteiger partial charge in [-0.2, -0.15) is 0 Å². The number of oxazole rings is 1. The lowest BCUT2D eigenvalue weighted by molar-refractivity contribution is 0.479. The number of fused-ring (bicyclic) bond motifs is 1. The van der Waals surface area contributed by atoms with Crippen molar-refractivity contribution in [1.82, 2.24) is 9.97 Å². The lowest BCUT2D eigenvalue weighted by atomic mass is 10.2. The van der Waals surface area contributed by atoms with Crippen LogP contribution in [0.3, 0.4) is 0 Å². The first-order chi connectivity index (χ1) is 8.31. The summed E-state index contributed by atoms with van der Waals surface area (Å²) in [5.74, 6) is 2.44. The summed E-state index contributed by atoms with van der Waals surface area (Å²) < 4.78 is 5.40. The van der Waals surface area contributed by atoms with Crippen molar-refractivity contribution < 1.29 is 4.42 Å². The Morgan fingerprint density at radius 2 is 2.29 bits per heavy atom. The molecule has 0 fully saturated rings. The van der Waals surface area contributed by atoms with Gasteiger partial charge in [-0.1, -0.05) is 6.07 Å². The van der Waals surface area contributed by atoms with Gasteiger partial charge in [-0.15, -0.1) is 0 Å². The summed E-state index contributed by atoms with van der Waals surface area (Å²) in [6, 6.07) is 4.19. The second-order valence-electron chi connectivity index (χ2n) is 4.37. The maximum absolute atomic E-state index is 5.40. The molecule has 0 amide bonds. The zero-order valence-electron chi connectivity index (χ0n) is 9.86. The molecule has 3 rings (SSSR count). The van der Waals surface area contributed by atoms with Gasteiger partial charge < -0.3 is 9.73 Å². The Labute approximate surface area is 100 Å². The minimum absolute atomic E-state index is 0.583. The van der Waals surface area contributed by atoms with Gasteiger partial charge in [-0.3, -0.25) is 0 Å². The third-order valence-electron chi connectivity index (χ3n) is 3.02. The van der Waals surface area contributed by atoms with E-state index in [0.29, 0.717) is 12.4 Å². The molecule has 17 heavy (non-hydrogen) atoms. The molecule has 0 radical (unpaired) electrons. The molecule has 0 unspecified atom stereocenters. The predicted octanol–water partition coefficient (Wildman–Crippen LogP) is 2.48. The average molecular weight is 229 g/mol. The highest BCUT2D eigenvalue weighted by Crippen LogP contribution is 2.21. The van der Waals surface area contributed by atoms with Crippen LogP contribution in [0.5, 0.6) is 0 Å². The van der Waals surface area contributed by atoms with Crippen LogP contribution in [0, 0.1) is 6.92 Å². The largest absolute Gasteiger partial charge is 0.444 e. The predicted molar refractivity (Wildman–Crippen MR) is 64.8 cm³/mol. The molecule has 0 atom stereocenters. The van der Waals surface area contributed by atoms with Crippen LogP contribution in [0.25, 0.3) is 0 Å². The van der Waals surface area contributed by atoms with E-state index < -0.39 is 0 Å². The second-order valence-corrected chi connectivity index (χ2v) is 4.37. The van der Waals surface area contributed by atoms with Crippen LogP contribution in [0.2, 0.25) is 0 Å². The van der Waals surface area contributed by atoms with Crippen LogP contribution in [0.4, 0.5) is 5.82 Å².